The summed E-state index contributed by atoms with van der Waals surface area (Å²) in [5.41, 5.74) is 7.03. The molecule has 0 aliphatic rings. The Bertz CT molecular complexity index is 669. The third-order valence-electron chi connectivity index (χ3n) is 3.74. The second kappa shape index (κ2) is 6.65. The molecule has 0 fully saturated rings. The number of anilines is 2. The molecule has 0 aliphatic carbocycles. The summed E-state index contributed by atoms with van der Waals surface area (Å²) in [6.45, 7) is 10.1. The molecule has 2 rings (SSSR count). The molecular weight excluding hydrogens is 272 g/mol. The predicted molar refractivity (Wildman–Crippen MR) is 93.4 cm³/mol. The maximum Gasteiger partial charge on any atom is 0.221 e. The van der Waals surface area contributed by atoms with Crippen molar-refractivity contribution in [3.8, 4) is 0 Å². The first-order valence-corrected chi connectivity index (χ1v) is 7.58. The standard InChI is InChI=1S/C19H24N2O/c1-12-9-13(2)19(14(3)10-12)15(4)20-17-7-6-8-18(11-17)21-16(5)22/h6-11,15,20H,1-5H3,(H,21,22). The van der Waals surface area contributed by atoms with Crippen LogP contribution < -0.4 is 10.6 Å². The molecular formula is C19H24N2O. The molecule has 0 aromatic heterocycles. The number of nitrogens with one attached hydrogen (secondary N) is 2. The van der Waals surface area contributed by atoms with Crippen LogP contribution in [0.2, 0.25) is 0 Å². The van der Waals surface area contributed by atoms with Gasteiger partial charge in [0.05, 0.1) is 0 Å². The van der Waals surface area contributed by atoms with E-state index >= 15 is 0 Å². The zero-order valence-electron chi connectivity index (χ0n) is 13.9. The maximum atomic E-state index is 11.2. The monoisotopic (exact) mass is 296 g/mol. The summed E-state index contributed by atoms with van der Waals surface area (Å²) in [7, 11) is 0. The SMILES string of the molecule is CC(=O)Nc1cccc(NC(C)c2c(C)cc(C)cc2C)c1. The van der Waals surface area contributed by atoms with E-state index < -0.39 is 0 Å². The Kier molecular flexibility index (Phi) is 4.86. The van der Waals surface area contributed by atoms with E-state index in [9.17, 15) is 4.79 Å². The summed E-state index contributed by atoms with van der Waals surface area (Å²) in [6, 6.07) is 12.4. The molecule has 0 radical (unpaired) electrons. The molecule has 22 heavy (non-hydrogen) atoms. The number of rotatable bonds is 4. The Morgan fingerprint density at radius 3 is 2.18 bits per heavy atom. The summed E-state index contributed by atoms with van der Waals surface area (Å²) in [5.74, 6) is -0.0598. The lowest BCUT2D eigenvalue weighted by Crippen LogP contribution is -2.11. The zero-order valence-corrected chi connectivity index (χ0v) is 13.9. The van der Waals surface area contributed by atoms with Crippen LogP contribution in [0.3, 0.4) is 0 Å². The Morgan fingerprint density at radius 1 is 1.00 bits per heavy atom. The highest BCUT2D eigenvalue weighted by Crippen LogP contribution is 2.27. The van der Waals surface area contributed by atoms with Crippen molar-refractivity contribution in [2.24, 2.45) is 0 Å². The smallest absolute Gasteiger partial charge is 0.221 e. The van der Waals surface area contributed by atoms with E-state index in [2.05, 4.69) is 50.5 Å². The van der Waals surface area contributed by atoms with Gasteiger partial charge < -0.3 is 10.6 Å². The van der Waals surface area contributed by atoms with Crippen molar-refractivity contribution in [3.63, 3.8) is 0 Å². The van der Waals surface area contributed by atoms with Crippen LogP contribution in [0.4, 0.5) is 11.4 Å². The number of hydrogen-bond donors (Lipinski definition) is 2. The molecule has 3 heteroatoms. The Morgan fingerprint density at radius 2 is 1.59 bits per heavy atom. The first kappa shape index (κ1) is 16.1. The highest BCUT2D eigenvalue weighted by molar-refractivity contribution is 5.89. The molecule has 2 N–H and O–H groups in total. The fourth-order valence-electron chi connectivity index (χ4n) is 3.09. The molecule has 1 atom stereocenters. The van der Waals surface area contributed by atoms with Gasteiger partial charge in [0, 0.05) is 24.3 Å². The number of hydrogen-bond acceptors (Lipinski definition) is 2. The van der Waals surface area contributed by atoms with Gasteiger partial charge in [-0.15, -0.1) is 0 Å². The molecule has 1 amide bonds. The van der Waals surface area contributed by atoms with Crippen LogP contribution in [0, 0.1) is 20.8 Å². The molecule has 2 aromatic carbocycles. The van der Waals surface area contributed by atoms with E-state index in [0.29, 0.717) is 0 Å². The molecule has 3 nitrogen and oxygen atoms in total. The second-order valence-corrected chi connectivity index (χ2v) is 5.94. The van der Waals surface area contributed by atoms with Crippen molar-refractivity contribution < 1.29 is 4.79 Å². The van der Waals surface area contributed by atoms with E-state index in [-0.39, 0.29) is 11.9 Å². The van der Waals surface area contributed by atoms with Gasteiger partial charge in [0.2, 0.25) is 5.91 Å². The van der Waals surface area contributed by atoms with Gasteiger partial charge in [0.1, 0.15) is 0 Å². The molecule has 0 aliphatic heterocycles. The first-order valence-electron chi connectivity index (χ1n) is 7.58. The minimum Gasteiger partial charge on any atom is -0.378 e. The number of carbonyl (C=O) groups is 1. The lowest BCUT2D eigenvalue weighted by molar-refractivity contribution is -0.114. The maximum absolute atomic E-state index is 11.2. The van der Waals surface area contributed by atoms with Crippen LogP contribution >= 0.6 is 0 Å². The first-order chi connectivity index (χ1) is 10.4. The molecule has 1 unspecified atom stereocenters. The van der Waals surface area contributed by atoms with E-state index in [4.69, 9.17) is 0 Å². The quantitative estimate of drug-likeness (QED) is 0.855. The minimum atomic E-state index is -0.0598. The van der Waals surface area contributed by atoms with Crippen LogP contribution in [0.25, 0.3) is 0 Å². The van der Waals surface area contributed by atoms with E-state index in [0.717, 1.165) is 11.4 Å². The van der Waals surface area contributed by atoms with Crippen molar-refractivity contribution in [2.75, 3.05) is 10.6 Å². The molecule has 0 saturated heterocycles. The van der Waals surface area contributed by atoms with Crippen LogP contribution in [0.15, 0.2) is 36.4 Å². The van der Waals surface area contributed by atoms with Crippen molar-refractivity contribution in [3.05, 3.63) is 58.7 Å². The topological polar surface area (TPSA) is 41.1 Å². The fraction of sp³-hybridized carbons (Fsp3) is 0.316. The molecule has 0 heterocycles. The lowest BCUT2D eigenvalue weighted by atomic mass is 9.95. The minimum absolute atomic E-state index is 0.0598. The van der Waals surface area contributed by atoms with E-state index in [1.165, 1.54) is 29.2 Å². The van der Waals surface area contributed by atoms with Crippen molar-refractivity contribution in [1.29, 1.82) is 0 Å². The highest BCUT2D eigenvalue weighted by atomic mass is 16.1. The fourth-order valence-corrected chi connectivity index (χ4v) is 3.09. The van der Waals surface area contributed by atoms with Crippen molar-refractivity contribution in [1.82, 2.24) is 0 Å². The second-order valence-electron chi connectivity index (χ2n) is 5.94. The van der Waals surface area contributed by atoms with Gasteiger partial charge in [0.15, 0.2) is 0 Å². The number of aryl methyl sites for hydroxylation is 3. The number of benzene rings is 2. The molecule has 116 valence electrons. The zero-order chi connectivity index (χ0) is 16.3. The average Bonchev–Trinajstić information content (AvgIpc) is 2.36. The molecule has 2 aromatic rings. The van der Waals surface area contributed by atoms with Gasteiger partial charge in [-0.3, -0.25) is 4.79 Å². The summed E-state index contributed by atoms with van der Waals surface area (Å²) >= 11 is 0. The molecule has 0 saturated carbocycles. The predicted octanol–water partition coefficient (Wildman–Crippen LogP) is 4.74. The van der Waals surface area contributed by atoms with Gasteiger partial charge in [-0.05, 0) is 62.6 Å². The average molecular weight is 296 g/mol. The van der Waals surface area contributed by atoms with Crippen LogP contribution in [0.5, 0.6) is 0 Å². The largest absolute Gasteiger partial charge is 0.378 e. The number of amides is 1. The van der Waals surface area contributed by atoms with Gasteiger partial charge in [-0.25, -0.2) is 0 Å². The third kappa shape index (κ3) is 3.88. The van der Waals surface area contributed by atoms with Gasteiger partial charge in [-0.2, -0.15) is 0 Å². The lowest BCUT2D eigenvalue weighted by Gasteiger charge is -2.21. The molecule has 0 bridgehead atoms. The normalized spacial score (nSPS) is 11.9. The van der Waals surface area contributed by atoms with Gasteiger partial charge in [-0.1, -0.05) is 23.8 Å². The van der Waals surface area contributed by atoms with Crippen LogP contribution in [-0.4, -0.2) is 5.91 Å². The highest BCUT2D eigenvalue weighted by Gasteiger charge is 2.12. The van der Waals surface area contributed by atoms with Crippen LogP contribution in [-0.2, 0) is 4.79 Å². The summed E-state index contributed by atoms with van der Waals surface area (Å²) in [6.07, 6.45) is 0. The third-order valence-corrected chi connectivity index (χ3v) is 3.74. The summed E-state index contributed by atoms with van der Waals surface area (Å²) in [5, 5.41) is 6.33. The summed E-state index contributed by atoms with van der Waals surface area (Å²) < 4.78 is 0. The molecule has 0 spiro atoms. The van der Waals surface area contributed by atoms with Crippen LogP contribution in [0.1, 0.15) is 42.1 Å². The Balaban J connectivity index is 2.22. The van der Waals surface area contributed by atoms with Gasteiger partial charge in [0.25, 0.3) is 0 Å². The van der Waals surface area contributed by atoms with Crippen molar-refractivity contribution in [2.45, 2.75) is 40.7 Å². The Labute approximate surface area is 132 Å². The van der Waals surface area contributed by atoms with Crippen molar-refractivity contribution >= 4 is 17.3 Å². The Hall–Kier alpha value is -2.29. The number of carbonyl (C=O) groups excluding carboxylic acids is 1. The van der Waals surface area contributed by atoms with Gasteiger partial charge >= 0.3 is 0 Å². The summed E-state index contributed by atoms with van der Waals surface area (Å²) in [4.78, 5) is 11.2. The van der Waals surface area contributed by atoms with E-state index in [1.807, 2.05) is 24.3 Å². The van der Waals surface area contributed by atoms with E-state index in [1.54, 1.807) is 0 Å².